The molecule has 0 aliphatic carbocycles. The normalized spacial score (nSPS) is 14.9. The molecule has 0 N–H and O–H groups in total. The van der Waals surface area contributed by atoms with Gasteiger partial charge in [0.05, 0.1) is 15.1 Å². The van der Waals surface area contributed by atoms with Crippen molar-refractivity contribution in [3.63, 3.8) is 0 Å². The second kappa shape index (κ2) is 7.72. The van der Waals surface area contributed by atoms with Gasteiger partial charge in [0, 0.05) is 37.8 Å². The van der Waals surface area contributed by atoms with Gasteiger partial charge < -0.3 is 14.2 Å². The Morgan fingerprint density at radius 3 is 2.56 bits per heavy atom. The Labute approximate surface area is 187 Å². The minimum atomic E-state index is -3.28. The number of nitrogens with zero attached hydrogens (tertiary/aromatic N) is 3. The maximum atomic E-state index is 13.0. The zero-order valence-electron chi connectivity index (χ0n) is 17.1. The molecule has 1 amide bonds. The van der Waals surface area contributed by atoms with Crippen LogP contribution in [0.25, 0.3) is 21.2 Å². The molecule has 2 aromatic carbocycles. The molecule has 5 rings (SSSR count). The molecule has 32 heavy (non-hydrogen) atoms. The number of sulfone groups is 1. The molecule has 1 aliphatic rings. The average Bonchev–Trinajstić information content (AvgIpc) is 3.21. The highest BCUT2D eigenvalue weighted by molar-refractivity contribution is 7.90. The lowest BCUT2D eigenvalue weighted by Crippen LogP contribution is -2.49. The van der Waals surface area contributed by atoms with Crippen LogP contribution in [0.5, 0.6) is 0 Å². The summed E-state index contributed by atoms with van der Waals surface area (Å²) in [5, 5.41) is 1.49. The Balaban J connectivity index is 1.33. The number of amides is 1. The Hall–Kier alpha value is -3.24. The third-order valence-corrected chi connectivity index (χ3v) is 7.68. The van der Waals surface area contributed by atoms with Gasteiger partial charge in [0.25, 0.3) is 5.91 Å². The number of fused-ring (bicyclic) bond motifs is 2. The summed E-state index contributed by atoms with van der Waals surface area (Å²) in [5.74, 6) is -0.341. The summed E-state index contributed by atoms with van der Waals surface area (Å²) in [7, 11) is -3.28. The molecule has 8 nitrogen and oxygen atoms in total. The van der Waals surface area contributed by atoms with Crippen molar-refractivity contribution in [2.24, 2.45) is 0 Å². The molecule has 10 heteroatoms. The van der Waals surface area contributed by atoms with Crippen molar-refractivity contribution >= 4 is 53.4 Å². The molecule has 1 fully saturated rings. The standard InChI is InChI=1S/C22H19N3O5S2/c1-32(28,29)15-6-7-17-19(13-15)31-22(23-17)25-10-8-24(9-11-25)20(26)16-12-14-4-2-3-5-18(14)30-21(16)27/h2-7,12-13H,8-11H2,1H3. The van der Waals surface area contributed by atoms with E-state index in [0.29, 0.717) is 37.1 Å². The Kier molecular flexibility index (Phi) is 4.98. The van der Waals surface area contributed by atoms with Crippen LogP contribution < -0.4 is 10.5 Å². The fourth-order valence-corrected chi connectivity index (χ4v) is 5.52. The van der Waals surface area contributed by atoms with Crippen LogP contribution in [0, 0.1) is 0 Å². The number of piperazine rings is 1. The van der Waals surface area contributed by atoms with Gasteiger partial charge in [0.2, 0.25) is 0 Å². The van der Waals surface area contributed by atoms with Gasteiger partial charge in [-0.25, -0.2) is 18.2 Å². The van der Waals surface area contributed by atoms with E-state index >= 15 is 0 Å². The fourth-order valence-electron chi connectivity index (χ4n) is 3.74. The monoisotopic (exact) mass is 469 g/mol. The van der Waals surface area contributed by atoms with Gasteiger partial charge in [-0.15, -0.1) is 0 Å². The van der Waals surface area contributed by atoms with Crippen molar-refractivity contribution in [3.8, 4) is 0 Å². The quantitative estimate of drug-likeness (QED) is 0.425. The molecule has 2 aromatic heterocycles. The van der Waals surface area contributed by atoms with Crippen LogP contribution in [0.2, 0.25) is 0 Å². The summed E-state index contributed by atoms with van der Waals surface area (Å²) in [6.07, 6.45) is 1.18. The van der Waals surface area contributed by atoms with Gasteiger partial charge in [-0.1, -0.05) is 29.5 Å². The van der Waals surface area contributed by atoms with Gasteiger partial charge in [0.15, 0.2) is 15.0 Å². The summed E-state index contributed by atoms with van der Waals surface area (Å²) in [6.45, 7) is 2.00. The van der Waals surface area contributed by atoms with E-state index < -0.39 is 15.5 Å². The smallest absolute Gasteiger partial charge is 0.349 e. The lowest BCUT2D eigenvalue weighted by molar-refractivity contribution is 0.0742. The van der Waals surface area contributed by atoms with E-state index in [2.05, 4.69) is 9.88 Å². The number of benzene rings is 2. The molecule has 0 bridgehead atoms. The van der Waals surface area contributed by atoms with Crippen molar-refractivity contribution in [2.75, 3.05) is 37.3 Å². The zero-order valence-corrected chi connectivity index (χ0v) is 18.8. The lowest BCUT2D eigenvalue weighted by atomic mass is 10.1. The molecule has 0 unspecified atom stereocenters. The maximum absolute atomic E-state index is 13.0. The summed E-state index contributed by atoms with van der Waals surface area (Å²) in [6, 6.07) is 13.6. The van der Waals surface area contributed by atoms with E-state index in [0.717, 1.165) is 15.3 Å². The first kappa shape index (κ1) is 20.7. The minimum absolute atomic E-state index is 0.0328. The van der Waals surface area contributed by atoms with Crippen LogP contribution in [-0.2, 0) is 9.84 Å². The number of rotatable bonds is 3. The van der Waals surface area contributed by atoms with Gasteiger partial charge in [-0.2, -0.15) is 0 Å². The Morgan fingerprint density at radius 1 is 1.06 bits per heavy atom. The largest absolute Gasteiger partial charge is 0.422 e. The molecular formula is C22H19N3O5S2. The topological polar surface area (TPSA) is 101 Å². The lowest BCUT2D eigenvalue weighted by Gasteiger charge is -2.34. The molecule has 4 aromatic rings. The summed E-state index contributed by atoms with van der Waals surface area (Å²) in [4.78, 5) is 33.9. The van der Waals surface area contributed by atoms with Crippen LogP contribution in [-0.4, -0.2) is 56.6 Å². The number of anilines is 1. The van der Waals surface area contributed by atoms with Crippen molar-refractivity contribution < 1.29 is 17.6 Å². The van der Waals surface area contributed by atoms with E-state index in [9.17, 15) is 18.0 Å². The first-order chi connectivity index (χ1) is 15.3. The maximum Gasteiger partial charge on any atom is 0.349 e. The molecule has 164 valence electrons. The minimum Gasteiger partial charge on any atom is -0.422 e. The van der Waals surface area contributed by atoms with Gasteiger partial charge in [-0.05, 0) is 30.3 Å². The van der Waals surface area contributed by atoms with E-state index in [4.69, 9.17) is 4.42 Å². The van der Waals surface area contributed by atoms with Crippen LogP contribution in [0.15, 0.2) is 62.6 Å². The highest BCUT2D eigenvalue weighted by Crippen LogP contribution is 2.31. The van der Waals surface area contributed by atoms with E-state index in [1.165, 1.54) is 17.6 Å². The Bertz CT molecular complexity index is 1520. The van der Waals surface area contributed by atoms with Crippen LogP contribution in [0.4, 0.5) is 5.13 Å². The van der Waals surface area contributed by atoms with Crippen LogP contribution >= 0.6 is 11.3 Å². The number of aromatic nitrogens is 1. The number of thiazole rings is 1. The molecular weight excluding hydrogens is 450 g/mol. The second-order valence-corrected chi connectivity index (χ2v) is 10.7. The van der Waals surface area contributed by atoms with Crippen LogP contribution in [0.3, 0.4) is 0 Å². The molecule has 0 radical (unpaired) electrons. The molecule has 0 atom stereocenters. The second-order valence-electron chi connectivity index (χ2n) is 7.66. The number of para-hydroxylation sites is 1. The average molecular weight is 470 g/mol. The first-order valence-electron chi connectivity index (χ1n) is 9.97. The molecule has 0 spiro atoms. The molecule has 0 saturated carbocycles. The number of hydrogen-bond acceptors (Lipinski definition) is 8. The van der Waals surface area contributed by atoms with Gasteiger partial charge in [0.1, 0.15) is 11.1 Å². The fraction of sp³-hybridized carbons (Fsp3) is 0.227. The van der Waals surface area contributed by atoms with Gasteiger partial charge >= 0.3 is 5.63 Å². The molecule has 3 heterocycles. The SMILES string of the molecule is CS(=O)(=O)c1ccc2nc(N3CCN(C(=O)c4cc5ccccc5oc4=O)CC3)sc2c1. The predicted molar refractivity (Wildman–Crippen MR) is 123 cm³/mol. The highest BCUT2D eigenvalue weighted by Gasteiger charge is 2.26. The Morgan fingerprint density at radius 2 is 1.81 bits per heavy atom. The van der Waals surface area contributed by atoms with Crippen LogP contribution in [0.1, 0.15) is 10.4 Å². The third kappa shape index (κ3) is 3.76. The summed E-state index contributed by atoms with van der Waals surface area (Å²) < 4.78 is 29.7. The summed E-state index contributed by atoms with van der Waals surface area (Å²) in [5.41, 5.74) is 0.591. The number of carbonyl (C=O) groups is 1. The number of hydrogen-bond donors (Lipinski definition) is 0. The van der Waals surface area contributed by atoms with E-state index in [-0.39, 0.29) is 16.4 Å². The first-order valence-corrected chi connectivity index (χ1v) is 12.7. The number of carbonyl (C=O) groups excluding carboxylic acids is 1. The van der Waals surface area contributed by atoms with Crippen molar-refractivity contribution in [1.82, 2.24) is 9.88 Å². The van der Waals surface area contributed by atoms with Crippen molar-refractivity contribution in [2.45, 2.75) is 4.90 Å². The molecule has 1 saturated heterocycles. The third-order valence-electron chi connectivity index (χ3n) is 5.49. The van der Waals surface area contributed by atoms with Crippen molar-refractivity contribution in [1.29, 1.82) is 0 Å². The van der Waals surface area contributed by atoms with Gasteiger partial charge in [-0.3, -0.25) is 4.79 Å². The predicted octanol–water partition coefficient (Wildman–Crippen LogP) is 2.77. The van der Waals surface area contributed by atoms with E-state index in [1.54, 1.807) is 47.4 Å². The molecule has 1 aliphatic heterocycles. The highest BCUT2D eigenvalue weighted by atomic mass is 32.2. The zero-order chi connectivity index (χ0) is 22.5. The van der Waals surface area contributed by atoms with Crippen molar-refractivity contribution in [3.05, 3.63) is 64.5 Å². The van der Waals surface area contributed by atoms with E-state index in [1.807, 2.05) is 6.07 Å². The summed E-state index contributed by atoms with van der Waals surface area (Å²) >= 11 is 1.43.